The van der Waals surface area contributed by atoms with Crippen LogP contribution in [0.5, 0.6) is 0 Å². The van der Waals surface area contributed by atoms with E-state index in [-0.39, 0.29) is 17.4 Å². The summed E-state index contributed by atoms with van der Waals surface area (Å²) in [6.07, 6.45) is 0.592. The predicted molar refractivity (Wildman–Crippen MR) is 102 cm³/mol. The number of amides is 1. The number of anilines is 1. The molecule has 6 nitrogen and oxygen atoms in total. The van der Waals surface area contributed by atoms with Gasteiger partial charge in [-0.15, -0.1) is 0 Å². The van der Waals surface area contributed by atoms with E-state index in [4.69, 9.17) is 15.2 Å². The first-order valence-electron chi connectivity index (χ1n) is 9.49. The van der Waals surface area contributed by atoms with Crippen LogP contribution >= 0.6 is 0 Å². The molecule has 1 saturated heterocycles. The third-order valence-corrected chi connectivity index (χ3v) is 6.02. The second kappa shape index (κ2) is 7.55. The molecular weight excluding hydrogens is 330 g/mol. The zero-order valence-corrected chi connectivity index (χ0v) is 16.1. The molecule has 2 atom stereocenters. The Labute approximate surface area is 156 Å². The van der Waals surface area contributed by atoms with E-state index in [0.717, 1.165) is 37.6 Å². The van der Waals surface area contributed by atoms with Crippen LogP contribution < -0.4 is 16.0 Å². The molecule has 0 radical (unpaired) electrons. The van der Waals surface area contributed by atoms with Crippen molar-refractivity contribution in [1.29, 1.82) is 0 Å². The summed E-state index contributed by atoms with van der Waals surface area (Å²) in [7, 11) is 0. The van der Waals surface area contributed by atoms with E-state index in [1.54, 1.807) is 0 Å². The number of hydrogen-bond donors (Lipinski definition) is 2. The average molecular weight is 361 g/mol. The summed E-state index contributed by atoms with van der Waals surface area (Å²) in [5, 5.41) is 3.06. The predicted octanol–water partition coefficient (Wildman–Crippen LogP) is 1.67. The number of ether oxygens (including phenoxy) is 2. The van der Waals surface area contributed by atoms with E-state index in [2.05, 4.69) is 22.3 Å². The number of carbonyl (C=O) groups is 1. The number of hydrogen-bond acceptors (Lipinski definition) is 5. The third kappa shape index (κ3) is 3.33. The van der Waals surface area contributed by atoms with Gasteiger partial charge in [-0.2, -0.15) is 0 Å². The Morgan fingerprint density at radius 3 is 2.69 bits per heavy atom. The van der Waals surface area contributed by atoms with Crippen molar-refractivity contribution in [3.63, 3.8) is 0 Å². The minimum atomic E-state index is -0.888. The quantitative estimate of drug-likeness (QED) is 0.806. The molecule has 2 unspecified atom stereocenters. The number of rotatable bonds is 6. The summed E-state index contributed by atoms with van der Waals surface area (Å²) in [4.78, 5) is 15.2. The number of benzene rings is 1. The zero-order chi connectivity index (χ0) is 18.8. The largest absolute Gasteiger partial charge is 0.378 e. The number of nitrogens with zero attached hydrogens (tertiary/aromatic N) is 1. The Morgan fingerprint density at radius 1 is 1.35 bits per heavy atom. The molecule has 144 valence electrons. The number of para-hydroxylation sites is 1. The summed E-state index contributed by atoms with van der Waals surface area (Å²) in [6, 6.07) is 8.19. The average Bonchev–Trinajstić information content (AvgIpc) is 2.66. The fraction of sp³-hybridized carbons (Fsp3) is 0.650. The molecule has 0 bridgehead atoms. The van der Waals surface area contributed by atoms with Gasteiger partial charge in [0.05, 0.1) is 19.3 Å². The molecule has 1 heterocycles. The van der Waals surface area contributed by atoms with E-state index < -0.39 is 5.54 Å². The summed E-state index contributed by atoms with van der Waals surface area (Å²) >= 11 is 0. The van der Waals surface area contributed by atoms with Gasteiger partial charge in [-0.25, -0.2) is 0 Å². The number of nitrogens with two attached hydrogens (primary N) is 1. The van der Waals surface area contributed by atoms with Crippen molar-refractivity contribution in [2.75, 3.05) is 37.8 Å². The second-order valence-electron chi connectivity index (χ2n) is 7.75. The normalized spacial score (nSPS) is 27.7. The SMILES string of the molecule is CCOC1CC(N)(C(=O)NCc2ccccc2N2CCOCC2)C1(C)C. The number of nitrogens with one attached hydrogen (secondary N) is 1. The van der Waals surface area contributed by atoms with Crippen LogP contribution in [0.25, 0.3) is 0 Å². The zero-order valence-electron chi connectivity index (χ0n) is 16.1. The van der Waals surface area contributed by atoms with E-state index in [1.165, 1.54) is 0 Å². The summed E-state index contributed by atoms with van der Waals surface area (Å²) in [6.45, 7) is 10.3. The van der Waals surface area contributed by atoms with Crippen molar-refractivity contribution in [3.8, 4) is 0 Å². The Kier molecular flexibility index (Phi) is 5.55. The van der Waals surface area contributed by atoms with E-state index in [9.17, 15) is 4.79 Å². The van der Waals surface area contributed by atoms with Gasteiger partial charge in [-0.3, -0.25) is 4.79 Å². The lowest BCUT2D eigenvalue weighted by molar-refractivity contribution is -0.170. The standard InChI is InChI=1S/C20H31N3O3/c1-4-26-17-13-20(21,19(17,2)3)18(24)22-14-15-7-5-6-8-16(15)23-9-11-25-12-10-23/h5-8,17H,4,9-14,21H2,1-3H3,(H,22,24). The van der Waals surface area contributed by atoms with Crippen LogP contribution in [0.2, 0.25) is 0 Å². The highest BCUT2D eigenvalue weighted by Gasteiger charge is 2.62. The van der Waals surface area contributed by atoms with E-state index in [0.29, 0.717) is 19.6 Å². The highest BCUT2D eigenvalue weighted by molar-refractivity contribution is 5.88. The highest BCUT2D eigenvalue weighted by atomic mass is 16.5. The Bertz CT molecular complexity index is 643. The molecule has 0 spiro atoms. The van der Waals surface area contributed by atoms with Crippen LogP contribution in [-0.2, 0) is 20.8 Å². The Morgan fingerprint density at radius 2 is 2.04 bits per heavy atom. The molecule has 1 aromatic carbocycles. The monoisotopic (exact) mass is 361 g/mol. The van der Waals surface area contributed by atoms with E-state index in [1.807, 2.05) is 32.9 Å². The first-order chi connectivity index (χ1) is 12.4. The summed E-state index contributed by atoms with van der Waals surface area (Å²) in [5.74, 6) is -0.102. The highest BCUT2D eigenvalue weighted by Crippen LogP contribution is 2.49. The number of morpholine rings is 1. The Hall–Kier alpha value is -1.63. The molecule has 1 saturated carbocycles. The molecule has 6 heteroatoms. The molecule has 2 aliphatic rings. The molecule has 3 N–H and O–H groups in total. The topological polar surface area (TPSA) is 76.8 Å². The van der Waals surface area contributed by atoms with Crippen LogP contribution in [0.4, 0.5) is 5.69 Å². The lowest BCUT2D eigenvalue weighted by Gasteiger charge is -2.57. The lowest BCUT2D eigenvalue weighted by Crippen LogP contribution is -2.75. The summed E-state index contributed by atoms with van der Waals surface area (Å²) < 4.78 is 11.2. The fourth-order valence-electron chi connectivity index (χ4n) is 3.93. The maximum Gasteiger partial charge on any atom is 0.241 e. The molecule has 3 rings (SSSR count). The van der Waals surface area contributed by atoms with Gasteiger partial charge in [-0.05, 0) is 18.6 Å². The van der Waals surface area contributed by atoms with Crippen molar-refractivity contribution in [2.24, 2.45) is 11.1 Å². The molecule has 1 aliphatic carbocycles. The maximum absolute atomic E-state index is 12.8. The molecule has 0 aromatic heterocycles. The molecular formula is C20H31N3O3. The number of carbonyl (C=O) groups excluding carboxylic acids is 1. The van der Waals surface area contributed by atoms with Crippen LogP contribution in [0.15, 0.2) is 24.3 Å². The van der Waals surface area contributed by atoms with Gasteiger partial charge in [-0.1, -0.05) is 32.0 Å². The maximum atomic E-state index is 12.8. The lowest BCUT2D eigenvalue weighted by atomic mass is 9.54. The van der Waals surface area contributed by atoms with Crippen LogP contribution in [0, 0.1) is 5.41 Å². The third-order valence-electron chi connectivity index (χ3n) is 6.02. The first-order valence-corrected chi connectivity index (χ1v) is 9.49. The van der Waals surface area contributed by atoms with Gasteiger partial charge in [0.1, 0.15) is 5.54 Å². The minimum absolute atomic E-state index is 0.0314. The van der Waals surface area contributed by atoms with Gasteiger partial charge < -0.3 is 25.4 Å². The van der Waals surface area contributed by atoms with Crippen molar-refractivity contribution >= 4 is 11.6 Å². The molecule has 2 fully saturated rings. The molecule has 26 heavy (non-hydrogen) atoms. The van der Waals surface area contributed by atoms with Crippen LogP contribution in [-0.4, -0.2) is 50.5 Å². The van der Waals surface area contributed by atoms with Crippen molar-refractivity contribution in [1.82, 2.24) is 5.32 Å². The first kappa shape index (κ1) is 19.1. The summed E-state index contributed by atoms with van der Waals surface area (Å²) in [5.41, 5.74) is 7.46. The van der Waals surface area contributed by atoms with Gasteiger partial charge in [0, 0.05) is 43.8 Å². The Balaban J connectivity index is 1.65. The van der Waals surface area contributed by atoms with Crippen molar-refractivity contribution in [3.05, 3.63) is 29.8 Å². The van der Waals surface area contributed by atoms with E-state index >= 15 is 0 Å². The molecule has 1 aliphatic heterocycles. The van der Waals surface area contributed by atoms with Gasteiger partial charge in [0.2, 0.25) is 5.91 Å². The second-order valence-corrected chi connectivity index (χ2v) is 7.75. The minimum Gasteiger partial charge on any atom is -0.378 e. The molecule has 1 aromatic rings. The van der Waals surface area contributed by atoms with Gasteiger partial charge >= 0.3 is 0 Å². The smallest absolute Gasteiger partial charge is 0.241 e. The van der Waals surface area contributed by atoms with Gasteiger partial charge in [0.15, 0.2) is 0 Å². The van der Waals surface area contributed by atoms with Crippen molar-refractivity contribution < 1.29 is 14.3 Å². The van der Waals surface area contributed by atoms with Crippen LogP contribution in [0.1, 0.15) is 32.8 Å². The molecule has 1 amide bonds. The van der Waals surface area contributed by atoms with Crippen LogP contribution in [0.3, 0.4) is 0 Å². The van der Waals surface area contributed by atoms with Crippen molar-refractivity contribution in [2.45, 2.75) is 45.4 Å². The fourth-order valence-corrected chi connectivity index (χ4v) is 3.93. The van der Waals surface area contributed by atoms with Gasteiger partial charge in [0.25, 0.3) is 0 Å².